The molecule has 0 spiro atoms. The topological polar surface area (TPSA) is 44.5 Å². The van der Waals surface area contributed by atoms with Gasteiger partial charge in [0.1, 0.15) is 0 Å². The van der Waals surface area contributed by atoms with Gasteiger partial charge in [0, 0.05) is 12.1 Å². The van der Waals surface area contributed by atoms with Crippen LogP contribution in [0.15, 0.2) is 18.2 Å². The number of nitrogens with two attached hydrogens (primary N) is 1. The van der Waals surface area contributed by atoms with Crippen molar-refractivity contribution >= 4 is 0 Å². The standard InChI is InChI=1S/C13H21NO2/c1-13(2,3)9-16-12-10(8-14)6-5-7-11(12)15-4/h5-7H,8-9,14H2,1-4H3. The average Bonchev–Trinajstić information content (AvgIpc) is 2.24. The maximum absolute atomic E-state index is 5.81. The number of hydrogen-bond donors (Lipinski definition) is 1. The van der Waals surface area contributed by atoms with Crippen LogP contribution in [0.5, 0.6) is 11.5 Å². The van der Waals surface area contributed by atoms with Crippen LogP contribution in [-0.2, 0) is 6.54 Å². The second-order valence-electron chi connectivity index (χ2n) is 5.00. The Kier molecular flexibility index (Phi) is 4.19. The summed E-state index contributed by atoms with van der Waals surface area (Å²) in [6, 6.07) is 5.77. The Labute approximate surface area is 97.6 Å². The first-order chi connectivity index (χ1) is 7.48. The van der Waals surface area contributed by atoms with Gasteiger partial charge in [-0.3, -0.25) is 0 Å². The lowest BCUT2D eigenvalue weighted by Gasteiger charge is -2.21. The van der Waals surface area contributed by atoms with Gasteiger partial charge < -0.3 is 15.2 Å². The molecule has 0 aliphatic rings. The van der Waals surface area contributed by atoms with E-state index in [0.717, 1.165) is 17.1 Å². The molecule has 0 radical (unpaired) electrons. The van der Waals surface area contributed by atoms with E-state index in [0.29, 0.717) is 13.2 Å². The van der Waals surface area contributed by atoms with Gasteiger partial charge >= 0.3 is 0 Å². The second kappa shape index (κ2) is 5.21. The van der Waals surface area contributed by atoms with Crippen molar-refractivity contribution in [2.75, 3.05) is 13.7 Å². The third kappa shape index (κ3) is 3.42. The fourth-order valence-corrected chi connectivity index (χ4v) is 1.34. The summed E-state index contributed by atoms with van der Waals surface area (Å²) in [6.45, 7) is 7.48. The van der Waals surface area contributed by atoms with Crippen LogP contribution in [0.2, 0.25) is 0 Å². The van der Waals surface area contributed by atoms with E-state index >= 15 is 0 Å². The molecule has 16 heavy (non-hydrogen) atoms. The molecule has 0 amide bonds. The van der Waals surface area contributed by atoms with E-state index in [1.807, 2.05) is 18.2 Å². The Morgan fingerprint density at radius 1 is 1.25 bits per heavy atom. The monoisotopic (exact) mass is 223 g/mol. The number of rotatable bonds is 4. The highest BCUT2D eigenvalue weighted by Crippen LogP contribution is 2.32. The smallest absolute Gasteiger partial charge is 0.165 e. The van der Waals surface area contributed by atoms with E-state index in [-0.39, 0.29) is 5.41 Å². The van der Waals surface area contributed by atoms with Crippen LogP contribution in [0.3, 0.4) is 0 Å². The zero-order chi connectivity index (χ0) is 12.2. The highest BCUT2D eigenvalue weighted by atomic mass is 16.5. The number of ether oxygens (including phenoxy) is 2. The van der Waals surface area contributed by atoms with Crippen molar-refractivity contribution in [3.63, 3.8) is 0 Å². The lowest BCUT2D eigenvalue weighted by atomic mass is 9.98. The summed E-state index contributed by atoms with van der Waals surface area (Å²) in [7, 11) is 1.64. The van der Waals surface area contributed by atoms with E-state index in [1.165, 1.54) is 0 Å². The third-order valence-electron chi connectivity index (χ3n) is 2.15. The molecule has 0 heterocycles. The molecule has 3 heteroatoms. The summed E-state index contributed by atoms with van der Waals surface area (Å²) >= 11 is 0. The molecule has 0 saturated heterocycles. The van der Waals surface area contributed by atoms with Gasteiger partial charge in [-0.15, -0.1) is 0 Å². The lowest BCUT2D eigenvalue weighted by Crippen LogP contribution is -2.18. The fourth-order valence-electron chi connectivity index (χ4n) is 1.34. The molecule has 1 rings (SSSR count). The molecule has 0 aromatic heterocycles. The van der Waals surface area contributed by atoms with Crippen molar-refractivity contribution in [1.29, 1.82) is 0 Å². The van der Waals surface area contributed by atoms with Crippen molar-refractivity contribution in [2.24, 2.45) is 11.1 Å². The zero-order valence-electron chi connectivity index (χ0n) is 10.5. The molecule has 90 valence electrons. The third-order valence-corrected chi connectivity index (χ3v) is 2.15. The van der Waals surface area contributed by atoms with Crippen LogP contribution < -0.4 is 15.2 Å². The first kappa shape index (κ1) is 12.8. The maximum atomic E-state index is 5.81. The minimum atomic E-state index is 0.118. The molecule has 0 aliphatic heterocycles. The van der Waals surface area contributed by atoms with Crippen LogP contribution in [0.1, 0.15) is 26.3 Å². The minimum Gasteiger partial charge on any atom is -0.493 e. The molecule has 1 aromatic rings. The second-order valence-corrected chi connectivity index (χ2v) is 5.00. The Hall–Kier alpha value is -1.22. The van der Waals surface area contributed by atoms with Gasteiger partial charge in [-0.1, -0.05) is 32.9 Å². The van der Waals surface area contributed by atoms with Crippen LogP contribution >= 0.6 is 0 Å². The largest absolute Gasteiger partial charge is 0.493 e. The van der Waals surface area contributed by atoms with E-state index in [2.05, 4.69) is 20.8 Å². The Bertz CT molecular complexity index is 320. The van der Waals surface area contributed by atoms with Crippen molar-refractivity contribution in [3.05, 3.63) is 23.8 Å². The number of hydrogen-bond acceptors (Lipinski definition) is 3. The molecular weight excluding hydrogens is 202 g/mol. The normalized spacial score (nSPS) is 11.3. The van der Waals surface area contributed by atoms with E-state index in [1.54, 1.807) is 7.11 Å². The number of methoxy groups -OCH3 is 1. The number of para-hydroxylation sites is 1. The van der Waals surface area contributed by atoms with E-state index in [9.17, 15) is 0 Å². The van der Waals surface area contributed by atoms with E-state index < -0.39 is 0 Å². The summed E-state index contributed by atoms with van der Waals surface area (Å²) in [5.74, 6) is 1.51. The zero-order valence-corrected chi connectivity index (χ0v) is 10.5. The maximum Gasteiger partial charge on any atom is 0.165 e. The van der Waals surface area contributed by atoms with Gasteiger partial charge in [-0.05, 0) is 11.5 Å². The van der Waals surface area contributed by atoms with Gasteiger partial charge in [0.25, 0.3) is 0 Å². The van der Waals surface area contributed by atoms with Crippen LogP contribution in [-0.4, -0.2) is 13.7 Å². The van der Waals surface area contributed by atoms with Gasteiger partial charge in [0.15, 0.2) is 11.5 Å². The molecule has 0 aliphatic carbocycles. The number of benzene rings is 1. The van der Waals surface area contributed by atoms with Crippen molar-refractivity contribution < 1.29 is 9.47 Å². The molecule has 0 atom stereocenters. The highest BCUT2D eigenvalue weighted by molar-refractivity contribution is 5.46. The average molecular weight is 223 g/mol. The molecule has 0 fully saturated rings. The van der Waals surface area contributed by atoms with Crippen molar-refractivity contribution in [1.82, 2.24) is 0 Å². The van der Waals surface area contributed by atoms with Crippen LogP contribution in [0.25, 0.3) is 0 Å². The summed E-state index contributed by atoms with van der Waals surface area (Å²) in [5, 5.41) is 0. The summed E-state index contributed by atoms with van der Waals surface area (Å²) in [4.78, 5) is 0. The van der Waals surface area contributed by atoms with Crippen molar-refractivity contribution in [3.8, 4) is 11.5 Å². The van der Waals surface area contributed by atoms with Gasteiger partial charge in [-0.2, -0.15) is 0 Å². The molecule has 3 nitrogen and oxygen atoms in total. The van der Waals surface area contributed by atoms with Crippen LogP contribution in [0, 0.1) is 5.41 Å². The first-order valence-electron chi connectivity index (χ1n) is 5.46. The van der Waals surface area contributed by atoms with Gasteiger partial charge in [0.05, 0.1) is 13.7 Å². The fraction of sp³-hybridized carbons (Fsp3) is 0.538. The minimum absolute atomic E-state index is 0.118. The van der Waals surface area contributed by atoms with Gasteiger partial charge in [0.2, 0.25) is 0 Å². The first-order valence-corrected chi connectivity index (χ1v) is 5.46. The molecule has 0 unspecified atom stereocenters. The SMILES string of the molecule is COc1cccc(CN)c1OCC(C)(C)C. The van der Waals surface area contributed by atoms with Crippen molar-refractivity contribution in [2.45, 2.75) is 27.3 Å². The summed E-state index contributed by atoms with van der Waals surface area (Å²) < 4.78 is 11.1. The summed E-state index contributed by atoms with van der Waals surface area (Å²) in [5.41, 5.74) is 6.77. The Morgan fingerprint density at radius 3 is 2.44 bits per heavy atom. The molecule has 0 saturated carbocycles. The van der Waals surface area contributed by atoms with Crippen LogP contribution in [0.4, 0.5) is 0 Å². The van der Waals surface area contributed by atoms with Gasteiger partial charge in [-0.25, -0.2) is 0 Å². The molecule has 0 bridgehead atoms. The van der Waals surface area contributed by atoms with E-state index in [4.69, 9.17) is 15.2 Å². The summed E-state index contributed by atoms with van der Waals surface area (Å²) in [6.07, 6.45) is 0. The Morgan fingerprint density at radius 2 is 1.94 bits per heavy atom. The molecule has 2 N–H and O–H groups in total. The quantitative estimate of drug-likeness (QED) is 0.853. The molecule has 1 aromatic carbocycles. The molecular formula is C13H21NO2. The predicted octanol–water partition coefficient (Wildman–Crippen LogP) is 2.58. The predicted molar refractivity (Wildman–Crippen MR) is 65.8 cm³/mol. The highest BCUT2D eigenvalue weighted by Gasteiger charge is 2.15. The lowest BCUT2D eigenvalue weighted by molar-refractivity contribution is 0.190. The Balaban J connectivity index is 2.91.